The molecule has 0 spiro atoms. The third kappa shape index (κ3) is 4.26. The third-order valence-electron chi connectivity index (χ3n) is 4.94. The number of benzene rings is 1. The molecule has 1 heterocycles. The Labute approximate surface area is 155 Å². The number of unbranched alkanes of at least 4 members (excludes halogenated alkanes) is 1. The maximum absolute atomic E-state index is 13.0. The van der Waals surface area contributed by atoms with Gasteiger partial charge < -0.3 is 14.4 Å². The van der Waals surface area contributed by atoms with Gasteiger partial charge >= 0.3 is 5.97 Å². The summed E-state index contributed by atoms with van der Waals surface area (Å²) < 4.78 is 10.8. The van der Waals surface area contributed by atoms with Crippen LogP contribution in [0.15, 0.2) is 29.8 Å². The van der Waals surface area contributed by atoms with Crippen LogP contribution >= 0.6 is 0 Å². The third-order valence-corrected chi connectivity index (χ3v) is 4.94. The van der Waals surface area contributed by atoms with E-state index in [4.69, 9.17) is 9.47 Å². The number of fused-ring (bicyclic) bond motifs is 1. The monoisotopic (exact) mass is 357 g/mol. The van der Waals surface area contributed by atoms with Crippen molar-refractivity contribution in [1.29, 1.82) is 0 Å². The van der Waals surface area contributed by atoms with Gasteiger partial charge in [0.1, 0.15) is 12.4 Å². The van der Waals surface area contributed by atoms with Gasteiger partial charge in [-0.1, -0.05) is 31.5 Å². The highest BCUT2D eigenvalue weighted by Crippen LogP contribution is 2.40. The number of para-hydroxylation sites is 1. The largest absolute Gasteiger partial charge is 0.488 e. The second kappa shape index (κ2) is 8.39. The highest BCUT2D eigenvalue weighted by atomic mass is 16.5. The van der Waals surface area contributed by atoms with Gasteiger partial charge in [0.2, 0.25) is 0 Å². The van der Waals surface area contributed by atoms with Crippen molar-refractivity contribution in [1.82, 2.24) is 4.90 Å². The van der Waals surface area contributed by atoms with Crippen LogP contribution in [-0.4, -0.2) is 43.1 Å². The lowest BCUT2D eigenvalue weighted by atomic mass is 10.1. The summed E-state index contributed by atoms with van der Waals surface area (Å²) in [6.45, 7) is 5.95. The zero-order chi connectivity index (χ0) is 18.5. The number of hydrogen-bond acceptors (Lipinski definition) is 4. The molecule has 26 heavy (non-hydrogen) atoms. The van der Waals surface area contributed by atoms with E-state index in [1.807, 2.05) is 42.2 Å². The molecule has 0 unspecified atom stereocenters. The summed E-state index contributed by atoms with van der Waals surface area (Å²) in [4.78, 5) is 26.8. The van der Waals surface area contributed by atoms with Crippen LogP contribution in [0.3, 0.4) is 0 Å². The molecular formula is C21H27NO4. The van der Waals surface area contributed by atoms with E-state index in [9.17, 15) is 9.59 Å². The van der Waals surface area contributed by atoms with Crippen LogP contribution in [0.4, 0.5) is 0 Å². The lowest BCUT2D eigenvalue weighted by Gasteiger charge is -2.26. The maximum Gasteiger partial charge on any atom is 0.309 e. The van der Waals surface area contributed by atoms with Crippen LogP contribution in [0.2, 0.25) is 0 Å². The smallest absolute Gasteiger partial charge is 0.309 e. The number of hydrogen-bond donors (Lipinski definition) is 0. The van der Waals surface area contributed by atoms with E-state index in [0.29, 0.717) is 31.9 Å². The van der Waals surface area contributed by atoms with Crippen molar-refractivity contribution in [2.24, 2.45) is 11.8 Å². The van der Waals surface area contributed by atoms with Gasteiger partial charge in [-0.2, -0.15) is 0 Å². The number of amides is 1. The quantitative estimate of drug-likeness (QED) is 0.670. The molecule has 140 valence electrons. The van der Waals surface area contributed by atoms with Crippen LogP contribution in [0.5, 0.6) is 5.75 Å². The predicted molar refractivity (Wildman–Crippen MR) is 99.6 cm³/mol. The van der Waals surface area contributed by atoms with Crippen molar-refractivity contribution >= 4 is 18.0 Å². The number of carbonyl (C=O) groups excluding carboxylic acids is 2. The second-order valence-electron chi connectivity index (χ2n) is 6.96. The summed E-state index contributed by atoms with van der Waals surface area (Å²) in [5, 5.41) is 0. The molecule has 1 aromatic carbocycles. The van der Waals surface area contributed by atoms with Crippen molar-refractivity contribution < 1.29 is 19.1 Å². The first kappa shape index (κ1) is 18.5. The van der Waals surface area contributed by atoms with E-state index in [2.05, 4.69) is 6.92 Å². The van der Waals surface area contributed by atoms with Gasteiger partial charge in [0, 0.05) is 18.7 Å². The van der Waals surface area contributed by atoms with E-state index in [1.54, 1.807) is 0 Å². The van der Waals surface area contributed by atoms with E-state index >= 15 is 0 Å². The summed E-state index contributed by atoms with van der Waals surface area (Å²) in [5.41, 5.74) is 1.61. The van der Waals surface area contributed by atoms with E-state index < -0.39 is 0 Å². The maximum atomic E-state index is 13.0. The molecule has 2 aliphatic rings. The van der Waals surface area contributed by atoms with Gasteiger partial charge in [0.25, 0.3) is 5.91 Å². The van der Waals surface area contributed by atoms with E-state index in [0.717, 1.165) is 30.6 Å². The molecule has 2 atom stereocenters. The number of carbonyl (C=O) groups is 2. The predicted octanol–water partition coefficient (Wildman–Crippen LogP) is 3.29. The second-order valence-corrected chi connectivity index (χ2v) is 6.96. The Morgan fingerprint density at radius 3 is 2.85 bits per heavy atom. The number of ether oxygens (including phenoxy) is 2. The van der Waals surface area contributed by atoms with E-state index in [1.165, 1.54) is 0 Å². The molecule has 0 bridgehead atoms. The topological polar surface area (TPSA) is 55.8 Å². The Kier molecular flexibility index (Phi) is 5.96. The molecule has 0 radical (unpaired) electrons. The van der Waals surface area contributed by atoms with Gasteiger partial charge in [-0.25, -0.2) is 0 Å². The molecule has 0 aromatic heterocycles. The Hall–Kier alpha value is -2.30. The highest BCUT2D eigenvalue weighted by molar-refractivity contribution is 5.99. The zero-order valence-electron chi connectivity index (χ0n) is 15.6. The summed E-state index contributed by atoms with van der Waals surface area (Å²) in [7, 11) is 0. The molecule has 1 saturated carbocycles. The molecule has 5 heteroatoms. The minimum atomic E-state index is -0.130. The van der Waals surface area contributed by atoms with Gasteiger partial charge in [0.05, 0.1) is 18.1 Å². The zero-order valence-corrected chi connectivity index (χ0v) is 15.6. The minimum Gasteiger partial charge on any atom is -0.488 e. The Balaban J connectivity index is 1.67. The van der Waals surface area contributed by atoms with Gasteiger partial charge in [-0.05, 0) is 37.8 Å². The fourth-order valence-corrected chi connectivity index (χ4v) is 3.34. The summed E-state index contributed by atoms with van der Waals surface area (Å²) in [5.74, 6) is 0.863. The molecule has 0 N–H and O–H groups in total. The fourth-order valence-electron chi connectivity index (χ4n) is 3.34. The molecule has 5 nitrogen and oxygen atoms in total. The van der Waals surface area contributed by atoms with Gasteiger partial charge in [0.15, 0.2) is 0 Å². The highest BCUT2D eigenvalue weighted by Gasteiger charge is 2.45. The molecule has 1 aliphatic carbocycles. The van der Waals surface area contributed by atoms with Crippen molar-refractivity contribution in [3.8, 4) is 5.75 Å². The van der Waals surface area contributed by atoms with Crippen molar-refractivity contribution in [3.63, 3.8) is 0 Å². The van der Waals surface area contributed by atoms with Gasteiger partial charge in [-0.15, -0.1) is 0 Å². The normalized spacial score (nSPS) is 20.5. The first-order chi connectivity index (χ1) is 12.6. The summed E-state index contributed by atoms with van der Waals surface area (Å²) in [6, 6.07) is 7.73. The minimum absolute atomic E-state index is 0.0162. The standard InChI is InChI=1S/C21H27NO4/c1-3-5-10-22(13-16-12-18(16)21(24)25-4-2)20(23)17-11-15-8-6-7-9-19(15)26-14-17/h6-9,11,16,18H,3-5,10,12-14H2,1-2H3/t16-,18+/m1/s1. The lowest BCUT2D eigenvalue weighted by Crippen LogP contribution is -2.37. The molecule has 1 amide bonds. The number of nitrogens with zero attached hydrogens (tertiary/aromatic N) is 1. The Bertz CT molecular complexity index is 697. The average molecular weight is 357 g/mol. The van der Waals surface area contributed by atoms with Crippen molar-refractivity contribution in [2.45, 2.75) is 33.1 Å². The number of esters is 1. The van der Waals surface area contributed by atoms with Crippen LogP contribution in [0.1, 0.15) is 38.7 Å². The lowest BCUT2D eigenvalue weighted by molar-refractivity contribution is -0.145. The molecule has 3 rings (SSSR count). The van der Waals surface area contributed by atoms with Crippen LogP contribution in [-0.2, 0) is 14.3 Å². The first-order valence-electron chi connectivity index (χ1n) is 9.52. The molecule has 0 saturated heterocycles. The van der Waals surface area contributed by atoms with Crippen LogP contribution in [0, 0.1) is 11.8 Å². The number of rotatable bonds is 8. The Morgan fingerprint density at radius 1 is 1.27 bits per heavy atom. The van der Waals surface area contributed by atoms with E-state index in [-0.39, 0.29) is 23.7 Å². The average Bonchev–Trinajstić information content (AvgIpc) is 3.43. The molecular weight excluding hydrogens is 330 g/mol. The molecule has 1 fully saturated rings. The first-order valence-corrected chi connectivity index (χ1v) is 9.52. The summed E-state index contributed by atoms with van der Waals surface area (Å²) in [6.07, 6.45) is 4.71. The van der Waals surface area contributed by atoms with Crippen LogP contribution < -0.4 is 4.74 Å². The van der Waals surface area contributed by atoms with Crippen molar-refractivity contribution in [3.05, 3.63) is 35.4 Å². The van der Waals surface area contributed by atoms with Crippen LogP contribution in [0.25, 0.3) is 6.08 Å². The van der Waals surface area contributed by atoms with Gasteiger partial charge in [-0.3, -0.25) is 9.59 Å². The molecule has 1 aromatic rings. The fraction of sp³-hybridized carbons (Fsp3) is 0.524. The van der Waals surface area contributed by atoms with Crippen molar-refractivity contribution in [2.75, 3.05) is 26.3 Å². The Morgan fingerprint density at radius 2 is 2.08 bits per heavy atom. The SMILES string of the molecule is CCCCN(C[C@H]1C[C@@H]1C(=O)OCC)C(=O)C1=Cc2ccccc2OC1. The molecule has 1 aliphatic heterocycles. The summed E-state index contributed by atoms with van der Waals surface area (Å²) >= 11 is 0.